The first-order valence-corrected chi connectivity index (χ1v) is 9.11. The number of H-pyrrole nitrogens is 1. The minimum absolute atomic E-state index is 0.0197. The highest BCUT2D eigenvalue weighted by atomic mass is 16.5. The highest BCUT2D eigenvalue weighted by molar-refractivity contribution is 5.83. The van der Waals surface area contributed by atoms with Crippen LogP contribution in [-0.2, 0) is 6.42 Å². The van der Waals surface area contributed by atoms with E-state index in [0.29, 0.717) is 6.54 Å². The predicted octanol–water partition coefficient (Wildman–Crippen LogP) is 3.89. The van der Waals surface area contributed by atoms with Crippen molar-refractivity contribution in [3.63, 3.8) is 0 Å². The van der Waals surface area contributed by atoms with Crippen LogP contribution in [0.1, 0.15) is 31.9 Å². The number of rotatable bonds is 7. The zero-order chi connectivity index (χ0) is 18.6. The number of benzene rings is 2. The summed E-state index contributed by atoms with van der Waals surface area (Å²) in [4.78, 5) is 3.26. The van der Waals surface area contributed by atoms with Crippen molar-refractivity contribution in [3.05, 3.63) is 65.9 Å². The molecule has 0 aliphatic heterocycles. The maximum Gasteiger partial charge on any atom is 0.122 e. The second kappa shape index (κ2) is 7.94. The van der Waals surface area contributed by atoms with Crippen LogP contribution in [0.5, 0.6) is 5.75 Å². The fourth-order valence-corrected chi connectivity index (χ4v) is 2.97. The van der Waals surface area contributed by atoms with Gasteiger partial charge in [-0.2, -0.15) is 0 Å². The molecule has 1 heterocycles. The molecule has 0 amide bonds. The van der Waals surface area contributed by atoms with E-state index >= 15 is 0 Å². The summed E-state index contributed by atoms with van der Waals surface area (Å²) in [7, 11) is 0. The van der Waals surface area contributed by atoms with Crippen molar-refractivity contribution in [2.45, 2.75) is 38.8 Å². The lowest BCUT2D eigenvalue weighted by Crippen LogP contribution is -2.42. The van der Waals surface area contributed by atoms with Crippen molar-refractivity contribution in [1.82, 2.24) is 10.3 Å². The molecule has 2 aromatic carbocycles. The summed E-state index contributed by atoms with van der Waals surface area (Å²) < 4.78 is 5.93. The van der Waals surface area contributed by atoms with E-state index in [1.165, 1.54) is 10.9 Å². The van der Waals surface area contributed by atoms with Crippen molar-refractivity contribution < 1.29 is 9.84 Å². The highest BCUT2D eigenvalue weighted by Gasteiger charge is 2.14. The number of para-hydroxylation sites is 1. The van der Waals surface area contributed by atoms with E-state index < -0.39 is 6.10 Å². The zero-order valence-electron chi connectivity index (χ0n) is 15.8. The van der Waals surface area contributed by atoms with Gasteiger partial charge in [-0.3, -0.25) is 0 Å². The van der Waals surface area contributed by atoms with E-state index in [-0.39, 0.29) is 12.1 Å². The average molecular weight is 352 g/mol. The van der Waals surface area contributed by atoms with Crippen molar-refractivity contribution in [2.24, 2.45) is 0 Å². The molecule has 138 valence electrons. The Hall–Kier alpha value is -2.30. The van der Waals surface area contributed by atoms with Crippen LogP contribution in [-0.4, -0.2) is 34.9 Å². The van der Waals surface area contributed by atoms with Crippen LogP contribution in [0.4, 0.5) is 0 Å². The Morgan fingerprint density at radius 2 is 1.81 bits per heavy atom. The lowest BCUT2D eigenvalue weighted by atomic mass is 10.0. The minimum Gasteiger partial charge on any atom is -0.491 e. The molecule has 0 radical (unpaired) electrons. The van der Waals surface area contributed by atoms with Gasteiger partial charge in [0.1, 0.15) is 18.5 Å². The van der Waals surface area contributed by atoms with E-state index in [9.17, 15) is 5.11 Å². The molecule has 0 fully saturated rings. The molecule has 4 heteroatoms. The number of β-amino-alcohol motifs (C(OH)–C–C–N with tert-alkyl or cyclic N) is 1. The van der Waals surface area contributed by atoms with Crippen LogP contribution >= 0.6 is 0 Å². The average Bonchev–Trinajstić information content (AvgIpc) is 3.08. The Morgan fingerprint density at radius 1 is 1.04 bits per heavy atom. The number of ether oxygens (including phenoxy) is 1. The molecule has 3 rings (SSSR count). The van der Waals surface area contributed by atoms with Gasteiger partial charge in [-0.05, 0) is 50.1 Å². The third-order valence-electron chi connectivity index (χ3n) is 4.34. The van der Waals surface area contributed by atoms with E-state index in [4.69, 9.17) is 4.74 Å². The monoisotopic (exact) mass is 352 g/mol. The summed E-state index contributed by atoms with van der Waals surface area (Å²) in [6.45, 7) is 7.02. The predicted molar refractivity (Wildman–Crippen MR) is 107 cm³/mol. The number of aromatic amines is 1. The second-order valence-electron chi connectivity index (χ2n) is 7.74. The first-order valence-electron chi connectivity index (χ1n) is 9.11. The minimum atomic E-state index is -0.546. The van der Waals surface area contributed by atoms with Crippen LogP contribution in [0.3, 0.4) is 0 Å². The van der Waals surface area contributed by atoms with Gasteiger partial charge in [0, 0.05) is 35.6 Å². The molecule has 4 nitrogen and oxygen atoms in total. The largest absolute Gasteiger partial charge is 0.491 e. The maximum atomic E-state index is 10.2. The number of aliphatic hydroxyl groups is 1. The number of aliphatic hydroxyl groups excluding tert-OH is 1. The smallest absolute Gasteiger partial charge is 0.122 e. The number of nitrogens with one attached hydrogen (secondary N) is 2. The highest BCUT2D eigenvalue weighted by Crippen LogP contribution is 2.25. The molecule has 0 aliphatic rings. The van der Waals surface area contributed by atoms with Gasteiger partial charge in [-0.1, -0.05) is 30.3 Å². The molecule has 1 aromatic heterocycles. The van der Waals surface area contributed by atoms with Crippen LogP contribution in [0.2, 0.25) is 0 Å². The summed E-state index contributed by atoms with van der Waals surface area (Å²) in [6.07, 6.45) is 2.21. The Balaban J connectivity index is 1.68. The zero-order valence-corrected chi connectivity index (χ0v) is 15.8. The molecule has 1 unspecified atom stereocenters. The molecule has 0 saturated heterocycles. The molecule has 0 spiro atoms. The topological polar surface area (TPSA) is 57.3 Å². The number of hydrogen-bond acceptors (Lipinski definition) is 3. The molecule has 0 bridgehead atoms. The summed E-state index contributed by atoms with van der Waals surface area (Å²) in [5.41, 5.74) is 3.50. The van der Waals surface area contributed by atoms with Crippen molar-refractivity contribution in [1.29, 1.82) is 0 Å². The number of aromatic nitrogens is 1. The summed E-state index contributed by atoms with van der Waals surface area (Å²) in [6, 6.07) is 16.5. The Morgan fingerprint density at radius 3 is 2.62 bits per heavy atom. The lowest BCUT2D eigenvalue weighted by molar-refractivity contribution is 0.0996. The summed E-state index contributed by atoms with van der Waals surface area (Å²) in [5.74, 6) is 0.829. The second-order valence-corrected chi connectivity index (χ2v) is 7.74. The van der Waals surface area contributed by atoms with Gasteiger partial charge in [0.2, 0.25) is 0 Å². The fourth-order valence-electron chi connectivity index (χ4n) is 2.97. The maximum absolute atomic E-state index is 10.2. The lowest BCUT2D eigenvalue weighted by Gasteiger charge is -2.23. The molecule has 3 N–H and O–H groups in total. The van der Waals surface area contributed by atoms with E-state index in [1.807, 2.05) is 24.4 Å². The Labute approximate surface area is 155 Å². The van der Waals surface area contributed by atoms with Crippen LogP contribution < -0.4 is 10.1 Å². The van der Waals surface area contributed by atoms with E-state index in [0.717, 1.165) is 23.3 Å². The van der Waals surface area contributed by atoms with Crippen LogP contribution in [0.15, 0.2) is 54.7 Å². The van der Waals surface area contributed by atoms with Gasteiger partial charge in [0.15, 0.2) is 0 Å². The molecule has 0 saturated carbocycles. The molecular weight excluding hydrogens is 324 g/mol. The third-order valence-corrected chi connectivity index (χ3v) is 4.34. The van der Waals surface area contributed by atoms with Gasteiger partial charge in [-0.25, -0.2) is 0 Å². The van der Waals surface area contributed by atoms with Gasteiger partial charge in [-0.15, -0.1) is 0 Å². The first kappa shape index (κ1) is 18.5. The first-order chi connectivity index (χ1) is 12.4. The number of fused-ring (bicyclic) bond motifs is 1. The SMILES string of the molecule is CC(C)(C)NCC(O)COc1ccccc1Cc1cccc2[nH]ccc12. The Bertz CT molecular complexity index is 848. The van der Waals surface area contributed by atoms with E-state index in [1.54, 1.807) is 0 Å². The van der Waals surface area contributed by atoms with Crippen molar-refractivity contribution in [3.8, 4) is 5.75 Å². The van der Waals surface area contributed by atoms with Crippen LogP contribution in [0, 0.1) is 0 Å². The molecule has 1 atom stereocenters. The number of hydrogen-bond donors (Lipinski definition) is 3. The van der Waals surface area contributed by atoms with Gasteiger partial charge >= 0.3 is 0 Å². The molecular formula is C22H28N2O2. The Kier molecular flexibility index (Phi) is 5.64. The molecule has 0 aliphatic carbocycles. The van der Waals surface area contributed by atoms with Gasteiger partial charge < -0.3 is 20.1 Å². The van der Waals surface area contributed by atoms with Gasteiger partial charge in [0.25, 0.3) is 0 Å². The molecule has 3 aromatic rings. The van der Waals surface area contributed by atoms with Crippen molar-refractivity contribution in [2.75, 3.05) is 13.2 Å². The third kappa shape index (κ3) is 4.87. The standard InChI is InChI=1S/C22H28N2O2/c1-22(2,3)24-14-18(25)15-26-21-10-5-4-7-17(21)13-16-8-6-9-20-19(16)11-12-23-20/h4-12,18,23-25H,13-15H2,1-3H3. The normalized spacial score (nSPS) is 13.1. The fraction of sp³-hybridized carbons (Fsp3) is 0.364. The van der Waals surface area contributed by atoms with Gasteiger partial charge in [0.05, 0.1) is 0 Å². The van der Waals surface area contributed by atoms with Crippen LogP contribution in [0.25, 0.3) is 10.9 Å². The van der Waals surface area contributed by atoms with Crippen molar-refractivity contribution >= 4 is 10.9 Å². The quantitative estimate of drug-likeness (QED) is 0.605. The van der Waals surface area contributed by atoms with E-state index in [2.05, 4.69) is 61.4 Å². The summed E-state index contributed by atoms with van der Waals surface area (Å²) >= 11 is 0. The summed E-state index contributed by atoms with van der Waals surface area (Å²) in [5, 5.41) is 14.7. The molecule has 26 heavy (non-hydrogen) atoms.